The summed E-state index contributed by atoms with van der Waals surface area (Å²) in [6, 6.07) is 3.99. The molecule has 6 nitrogen and oxygen atoms in total. The summed E-state index contributed by atoms with van der Waals surface area (Å²) in [4.78, 5) is 13.4. The van der Waals surface area contributed by atoms with E-state index in [2.05, 4.69) is 44.8 Å². The molecule has 0 spiro atoms. The molecule has 2 aromatic rings. The molecule has 1 aliphatic rings. The first-order valence-corrected chi connectivity index (χ1v) is 10.5. The highest BCUT2D eigenvalue weighted by atomic mass is 32.1. The Labute approximate surface area is 165 Å². The van der Waals surface area contributed by atoms with E-state index in [1.165, 1.54) is 12.8 Å². The van der Waals surface area contributed by atoms with Crippen molar-refractivity contribution < 1.29 is 4.74 Å². The molecule has 3 rings (SSSR count). The van der Waals surface area contributed by atoms with Crippen LogP contribution >= 0.6 is 11.3 Å². The van der Waals surface area contributed by atoms with E-state index in [1.807, 2.05) is 12.1 Å². The van der Waals surface area contributed by atoms with Crippen LogP contribution in [0.2, 0.25) is 0 Å². The van der Waals surface area contributed by atoms with Crippen LogP contribution in [0.4, 0.5) is 0 Å². The lowest BCUT2D eigenvalue weighted by atomic mass is 10.2. The van der Waals surface area contributed by atoms with Crippen LogP contribution < -0.4 is 15.4 Å². The van der Waals surface area contributed by atoms with Crippen LogP contribution in [-0.4, -0.2) is 29.1 Å². The summed E-state index contributed by atoms with van der Waals surface area (Å²) in [6.45, 7) is 5.60. The van der Waals surface area contributed by atoms with Gasteiger partial charge in [-0.1, -0.05) is 19.9 Å². The molecule has 1 aliphatic carbocycles. The predicted octanol–water partition coefficient (Wildman–Crippen LogP) is 3.85. The number of rotatable bonds is 7. The van der Waals surface area contributed by atoms with E-state index in [1.54, 1.807) is 24.6 Å². The molecular weight excluding hydrogens is 358 g/mol. The number of nitrogens with zero attached hydrogens (tertiary/aromatic N) is 3. The molecule has 2 aromatic heterocycles. The van der Waals surface area contributed by atoms with Crippen molar-refractivity contribution in [2.24, 2.45) is 4.99 Å². The van der Waals surface area contributed by atoms with E-state index >= 15 is 0 Å². The molecule has 0 aromatic carbocycles. The fraction of sp³-hybridized carbons (Fsp3) is 0.550. The molecule has 0 aliphatic heterocycles. The van der Waals surface area contributed by atoms with Crippen molar-refractivity contribution in [3.8, 4) is 5.88 Å². The van der Waals surface area contributed by atoms with Crippen molar-refractivity contribution in [3.05, 3.63) is 40.0 Å². The molecule has 2 heterocycles. The largest absolute Gasteiger partial charge is 0.474 e. The highest BCUT2D eigenvalue weighted by Gasteiger charge is 2.18. The summed E-state index contributed by atoms with van der Waals surface area (Å²) in [5, 5.41) is 9.86. The molecule has 0 radical (unpaired) electrons. The van der Waals surface area contributed by atoms with Gasteiger partial charge in [0.05, 0.1) is 12.2 Å². The Morgan fingerprint density at radius 1 is 1.30 bits per heavy atom. The average Bonchev–Trinajstić information content (AvgIpc) is 3.35. The third-order valence-electron chi connectivity index (χ3n) is 4.67. The van der Waals surface area contributed by atoms with Gasteiger partial charge >= 0.3 is 0 Å². The number of hydrogen-bond acceptors (Lipinski definition) is 5. The maximum absolute atomic E-state index is 6.11. The molecule has 27 heavy (non-hydrogen) atoms. The molecule has 0 amide bonds. The first-order chi connectivity index (χ1) is 13.2. The molecule has 1 saturated carbocycles. The maximum Gasteiger partial charge on any atom is 0.218 e. The fourth-order valence-electron chi connectivity index (χ4n) is 3.06. The van der Waals surface area contributed by atoms with E-state index < -0.39 is 0 Å². The Hall–Kier alpha value is -2.15. The van der Waals surface area contributed by atoms with Crippen molar-refractivity contribution >= 4 is 17.3 Å². The van der Waals surface area contributed by atoms with Gasteiger partial charge in [-0.3, -0.25) is 4.99 Å². The number of thiazole rings is 1. The third-order valence-corrected chi connectivity index (χ3v) is 5.54. The number of hydrogen-bond donors (Lipinski definition) is 2. The number of aromatic nitrogens is 2. The number of ether oxygens (including phenoxy) is 1. The lowest BCUT2D eigenvalue weighted by Gasteiger charge is -2.16. The smallest absolute Gasteiger partial charge is 0.218 e. The lowest BCUT2D eigenvalue weighted by Crippen LogP contribution is -2.36. The summed E-state index contributed by atoms with van der Waals surface area (Å²) in [7, 11) is 1.77. The average molecular weight is 388 g/mol. The maximum atomic E-state index is 6.11. The van der Waals surface area contributed by atoms with Crippen molar-refractivity contribution in [3.63, 3.8) is 0 Å². The van der Waals surface area contributed by atoms with Gasteiger partial charge in [-0.05, 0) is 37.7 Å². The van der Waals surface area contributed by atoms with E-state index in [0.29, 0.717) is 25.1 Å². The first kappa shape index (κ1) is 19.6. The van der Waals surface area contributed by atoms with Gasteiger partial charge in [0.1, 0.15) is 11.1 Å². The quantitative estimate of drug-likeness (QED) is 0.558. The van der Waals surface area contributed by atoms with Crippen molar-refractivity contribution in [1.29, 1.82) is 0 Å². The Morgan fingerprint density at radius 3 is 2.78 bits per heavy atom. The fourth-order valence-corrected chi connectivity index (χ4v) is 3.95. The second-order valence-electron chi connectivity index (χ2n) is 7.09. The highest BCUT2D eigenvalue weighted by molar-refractivity contribution is 7.09. The molecule has 7 heteroatoms. The van der Waals surface area contributed by atoms with Crippen LogP contribution in [0, 0.1) is 0 Å². The SMILES string of the molecule is CN=C(NCc1nc(C(C)C)cs1)NCc1cccnc1OC1CCCC1. The predicted molar refractivity (Wildman–Crippen MR) is 110 cm³/mol. The van der Waals surface area contributed by atoms with Crippen LogP contribution in [0.5, 0.6) is 5.88 Å². The van der Waals surface area contributed by atoms with Crippen LogP contribution in [0.1, 0.15) is 61.7 Å². The number of guanidine groups is 1. The molecule has 146 valence electrons. The Morgan fingerprint density at radius 2 is 2.07 bits per heavy atom. The zero-order valence-electron chi connectivity index (χ0n) is 16.4. The molecule has 1 fully saturated rings. The monoisotopic (exact) mass is 387 g/mol. The van der Waals surface area contributed by atoms with Gasteiger partial charge in [-0.2, -0.15) is 0 Å². The molecular formula is C20H29N5OS. The number of pyridine rings is 1. The second-order valence-corrected chi connectivity index (χ2v) is 8.03. The van der Waals surface area contributed by atoms with E-state index in [0.717, 1.165) is 40.9 Å². The van der Waals surface area contributed by atoms with Crippen molar-refractivity contribution in [2.75, 3.05) is 7.05 Å². The summed E-state index contributed by atoms with van der Waals surface area (Å²) >= 11 is 1.68. The van der Waals surface area contributed by atoms with Gasteiger partial charge in [-0.15, -0.1) is 11.3 Å². The van der Waals surface area contributed by atoms with Gasteiger partial charge in [-0.25, -0.2) is 9.97 Å². The summed E-state index contributed by atoms with van der Waals surface area (Å²) < 4.78 is 6.11. The standard InChI is InChI=1S/C20H29N5OS/c1-14(2)17-13-27-18(25-17)12-24-20(21-3)23-11-15-7-6-10-22-19(15)26-16-8-4-5-9-16/h6-7,10,13-14,16H,4-5,8-9,11-12H2,1-3H3,(H2,21,23,24). The Balaban J connectivity index is 1.53. The minimum absolute atomic E-state index is 0.302. The minimum atomic E-state index is 0.302. The molecule has 0 saturated heterocycles. The third kappa shape index (κ3) is 5.66. The first-order valence-electron chi connectivity index (χ1n) is 9.65. The summed E-state index contributed by atoms with van der Waals surface area (Å²) in [5.74, 6) is 1.93. The lowest BCUT2D eigenvalue weighted by molar-refractivity contribution is 0.199. The number of aliphatic imine (C=N–C) groups is 1. The van der Waals surface area contributed by atoms with Gasteiger partial charge in [0, 0.05) is 30.7 Å². The van der Waals surface area contributed by atoms with Gasteiger partial charge in [0.15, 0.2) is 5.96 Å². The normalized spacial score (nSPS) is 15.3. The highest BCUT2D eigenvalue weighted by Crippen LogP contribution is 2.25. The second kappa shape index (κ2) is 9.69. The Bertz CT molecular complexity index is 752. The summed E-state index contributed by atoms with van der Waals surface area (Å²) in [5.41, 5.74) is 2.19. The topological polar surface area (TPSA) is 71.4 Å². The molecule has 0 bridgehead atoms. The van der Waals surface area contributed by atoms with Crippen molar-refractivity contribution in [2.45, 2.75) is 64.6 Å². The molecule has 0 unspecified atom stereocenters. The van der Waals surface area contributed by atoms with Crippen LogP contribution in [-0.2, 0) is 13.1 Å². The Kier molecular flexibility index (Phi) is 7.04. The van der Waals surface area contributed by atoms with Crippen molar-refractivity contribution in [1.82, 2.24) is 20.6 Å². The van der Waals surface area contributed by atoms with E-state index in [4.69, 9.17) is 4.74 Å². The van der Waals surface area contributed by atoms with E-state index in [9.17, 15) is 0 Å². The summed E-state index contributed by atoms with van der Waals surface area (Å²) in [6.07, 6.45) is 6.83. The molecule has 0 atom stereocenters. The molecule has 2 N–H and O–H groups in total. The van der Waals surface area contributed by atoms with Crippen LogP contribution in [0.15, 0.2) is 28.7 Å². The zero-order chi connectivity index (χ0) is 19.1. The van der Waals surface area contributed by atoms with E-state index in [-0.39, 0.29) is 0 Å². The minimum Gasteiger partial charge on any atom is -0.474 e. The van der Waals surface area contributed by atoms with Gasteiger partial charge in [0.2, 0.25) is 5.88 Å². The van der Waals surface area contributed by atoms with Gasteiger partial charge in [0.25, 0.3) is 0 Å². The number of nitrogens with one attached hydrogen (secondary N) is 2. The van der Waals surface area contributed by atoms with Crippen LogP contribution in [0.25, 0.3) is 0 Å². The van der Waals surface area contributed by atoms with Crippen LogP contribution in [0.3, 0.4) is 0 Å². The zero-order valence-corrected chi connectivity index (χ0v) is 17.2. The van der Waals surface area contributed by atoms with Gasteiger partial charge < -0.3 is 15.4 Å².